The standard InChI is InChI=1S/C28H29FN8/c1-28(2,3)16-33-25-19(13-31)14-32-27-22(25)10-20(11-23(27)29)34-26(18-6-4-5-17(9-18)12-30)24-15-37(36-35-24)21-7-8-21/h4-6,9-11,14-15,21,26,34-36H,7-8,16H2,1-3H3,(H,32,33)/t26-/m1/s1/i26D. The van der Waals surface area contributed by atoms with E-state index in [1.54, 1.807) is 30.3 Å². The van der Waals surface area contributed by atoms with Crippen LogP contribution >= 0.6 is 0 Å². The molecule has 0 radical (unpaired) electrons. The van der Waals surface area contributed by atoms with E-state index < -0.39 is 11.8 Å². The van der Waals surface area contributed by atoms with Crippen LogP contribution in [0.4, 0.5) is 15.8 Å². The smallest absolute Gasteiger partial charge is 0.151 e. The van der Waals surface area contributed by atoms with Gasteiger partial charge < -0.3 is 16.1 Å². The molecule has 1 saturated carbocycles. The first-order valence-electron chi connectivity index (χ1n) is 12.7. The summed E-state index contributed by atoms with van der Waals surface area (Å²) in [5.41, 5.74) is 8.77. The number of hydrazine groups is 2. The van der Waals surface area contributed by atoms with Crippen LogP contribution in [0.2, 0.25) is 0 Å². The van der Waals surface area contributed by atoms with Gasteiger partial charge in [-0.25, -0.2) is 4.39 Å². The summed E-state index contributed by atoms with van der Waals surface area (Å²) in [6.45, 7) is 6.75. The van der Waals surface area contributed by atoms with Crippen molar-refractivity contribution in [1.82, 2.24) is 21.0 Å². The molecule has 2 aromatic carbocycles. The van der Waals surface area contributed by atoms with Gasteiger partial charge >= 0.3 is 0 Å². The molecule has 1 atom stereocenters. The van der Waals surface area contributed by atoms with Crippen molar-refractivity contribution in [3.8, 4) is 12.1 Å². The molecular weight excluding hydrogens is 467 g/mol. The summed E-state index contributed by atoms with van der Waals surface area (Å²) >= 11 is 0. The lowest BCUT2D eigenvalue weighted by Gasteiger charge is -2.23. The maximum absolute atomic E-state index is 15.4. The molecule has 0 unspecified atom stereocenters. The van der Waals surface area contributed by atoms with Gasteiger partial charge in [0.1, 0.15) is 11.6 Å². The van der Waals surface area contributed by atoms with Crippen LogP contribution in [0.1, 0.15) is 57.7 Å². The zero-order valence-corrected chi connectivity index (χ0v) is 21.0. The highest BCUT2D eigenvalue weighted by Gasteiger charge is 2.32. The number of nitrogens with one attached hydrogen (secondary N) is 4. The Hall–Kier alpha value is -4.34. The van der Waals surface area contributed by atoms with Gasteiger partial charge in [-0.15, -0.1) is 5.53 Å². The summed E-state index contributed by atoms with van der Waals surface area (Å²) in [5, 5.41) is 28.1. The number of hydrogen-bond donors (Lipinski definition) is 4. The Labute approximate surface area is 217 Å². The van der Waals surface area contributed by atoms with Crippen LogP contribution in [-0.4, -0.2) is 22.6 Å². The largest absolute Gasteiger partial charge is 0.383 e. The fourth-order valence-corrected chi connectivity index (χ4v) is 4.15. The molecular formula is C28H29FN8. The summed E-state index contributed by atoms with van der Waals surface area (Å²) in [6, 6.07) is 12.8. The second-order valence-corrected chi connectivity index (χ2v) is 10.5. The van der Waals surface area contributed by atoms with Gasteiger partial charge in [0.15, 0.2) is 5.82 Å². The molecule has 2 aliphatic rings. The Morgan fingerprint density at radius 1 is 1.24 bits per heavy atom. The quantitative estimate of drug-likeness (QED) is 0.359. The van der Waals surface area contributed by atoms with Gasteiger partial charge in [-0.2, -0.15) is 10.5 Å². The molecule has 2 heterocycles. The number of benzene rings is 2. The Bertz CT molecular complexity index is 1510. The number of nitrogens with zero attached hydrogens (tertiary/aromatic N) is 4. The Kier molecular flexibility index (Phi) is 5.99. The highest BCUT2D eigenvalue weighted by atomic mass is 19.1. The molecule has 4 N–H and O–H groups in total. The molecule has 0 saturated heterocycles. The first-order chi connectivity index (χ1) is 18.1. The average molecular weight is 498 g/mol. The third-order valence-corrected chi connectivity index (χ3v) is 6.19. The Morgan fingerprint density at radius 3 is 2.76 bits per heavy atom. The number of hydrogen-bond acceptors (Lipinski definition) is 8. The van der Waals surface area contributed by atoms with E-state index in [0.29, 0.717) is 51.7 Å². The van der Waals surface area contributed by atoms with Crippen LogP contribution in [0, 0.1) is 33.9 Å². The van der Waals surface area contributed by atoms with Gasteiger partial charge in [-0.3, -0.25) is 9.99 Å². The van der Waals surface area contributed by atoms with Crippen LogP contribution in [0.5, 0.6) is 0 Å². The summed E-state index contributed by atoms with van der Waals surface area (Å²) in [5.74, 6) is -0.576. The van der Waals surface area contributed by atoms with Gasteiger partial charge in [-0.05, 0) is 48.1 Å². The number of fused-ring (bicyclic) bond motifs is 1. The molecule has 9 heteroatoms. The van der Waals surface area contributed by atoms with E-state index in [2.05, 4.69) is 59.5 Å². The molecule has 0 spiro atoms. The summed E-state index contributed by atoms with van der Waals surface area (Å²) in [7, 11) is 0. The van der Waals surface area contributed by atoms with E-state index in [0.717, 1.165) is 12.8 Å². The predicted molar refractivity (Wildman–Crippen MR) is 141 cm³/mol. The molecule has 1 aliphatic carbocycles. The molecule has 0 amide bonds. The third-order valence-electron chi connectivity index (χ3n) is 6.19. The van der Waals surface area contributed by atoms with Crippen molar-refractivity contribution in [3.05, 3.63) is 77.0 Å². The van der Waals surface area contributed by atoms with Crippen molar-refractivity contribution in [3.63, 3.8) is 0 Å². The highest BCUT2D eigenvalue weighted by Crippen LogP contribution is 2.35. The van der Waals surface area contributed by atoms with Gasteiger partial charge in [0.2, 0.25) is 0 Å². The zero-order chi connectivity index (χ0) is 27.1. The molecule has 5 rings (SSSR count). The molecule has 37 heavy (non-hydrogen) atoms. The van der Waals surface area contributed by atoms with Gasteiger partial charge in [0.05, 0.1) is 36.0 Å². The fraction of sp³-hybridized carbons (Fsp3) is 0.321. The minimum atomic E-state index is -1.59. The van der Waals surface area contributed by atoms with E-state index >= 15 is 4.39 Å². The Balaban J connectivity index is 1.61. The van der Waals surface area contributed by atoms with E-state index in [1.807, 2.05) is 11.2 Å². The summed E-state index contributed by atoms with van der Waals surface area (Å²) in [4.78, 5) is 4.20. The van der Waals surface area contributed by atoms with Crippen molar-refractivity contribution < 1.29 is 5.76 Å². The molecule has 8 nitrogen and oxygen atoms in total. The fourth-order valence-electron chi connectivity index (χ4n) is 4.15. The van der Waals surface area contributed by atoms with E-state index in [1.165, 1.54) is 12.3 Å². The van der Waals surface area contributed by atoms with Crippen LogP contribution in [-0.2, 0) is 0 Å². The first kappa shape index (κ1) is 23.1. The molecule has 1 aliphatic heterocycles. The number of nitriles is 2. The first-order valence-corrected chi connectivity index (χ1v) is 12.2. The summed E-state index contributed by atoms with van der Waals surface area (Å²) in [6.07, 6.45) is 5.31. The third kappa shape index (κ3) is 5.28. The maximum atomic E-state index is 15.4. The zero-order valence-electron chi connectivity index (χ0n) is 22.0. The normalized spacial score (nSPS) is 17.2. The second kappa shape index (κ2) is 9.61. The van der Waals surface area contributed by atoms with Crippen molar-refractivity contribution >= 4 is 22.3 Å². The maximum Gasteiger partial charge on any atom is 0.151 e. The lowest BCUT2D eigenvalue weighted by atomic mass is 9.96. The second-order valence-electron chi connectivity index (χ2n) is 10.5. The number of anilines is 2. The monoisotopic (exact) mass is 497 g/mol. The van der Waals surface area contributed by atoms with Crippen molar-refractivity contribution in [2.45, 2.75) is 45.7 Å². The van der Waals surface area contributed by atoms with Crippen molar-refractivity contribution in [2.75, 3.05) is 17.2 Å². The van der Waals surface area contributed by atoms with E-state index in [-0.39, 0.29) is 10.9 Å². The van der Waals surface area contributed by atoms with Crippen LogP contribution < -0.4 is 21.6 Å². The SMILES string of the molecule is [2H][C@](Nc1cc(F)c2ncc(C#N)c(NCC(C)(C)C)c2c1)(C1=CN(C2CC2)NN1)c1cccc(C#N)c1. The highest BCUT2D eigenvalue weighted by molar-refractivity contribution is 5.96. The molecule has 3 aromatic rings. The molecule has 1 fully saturated rings. The number of pyridine rings is 1. The predicted octanol–water partition coefficient (Wildman–Crippen LogP) is 5.06. The average Bonchev–Trinajstić information content (AvgIpc) is 3.62. The number of rotatable bonds is 7. The molecule has 1 aromatic heterocycles. The minimum Gasteiger partial charge on any atom is -0.383 e. The number of halogens is 1. The Morgan fingerprint density at radius 2 is 2.05 bits per heavy atom. The van der Waals surface area contributed by atoms with Gasteiger partial charge in [0, 0.05) is 36.1 Å². The molecule has 188 valence electrons. The lowest BCUT2D eigenvalue weighted by molar-refractivity contribution is 0.260. The topological polar surface area (TPSA) is 112 Å². The van der Waals surface area contributed by atoms with Crippen LogP contribution in [0.15, 0.2) is 54.5 Å². The van der Waals surface area contributed by atoms with Crippen molar-refractivity contribution in [1.29, 1.82) is 10.5 Å². The van der Waals surface area contributed by atoms with E-state index in [4.69, 9.17) is 0 Å². The van der Waals surface area contributed by atoms with Gasteiger partial charge in [0.25, 0.3) is 0 Å². The molecule has 0 bridgehead atoms. The van der Waals surface area contributed by atoms with Crippen LogP contribution in [0.3, 0.4) is 0 Å². The lowest BCUT2D eigenvalue weighted by Crippen LogP contribution is -2.38. The number of aromatic nitrogens is 1. The van der Waals surface area contributed by atoms with Gasteiger partial charge in [-0.1, -0.05) is 32.9 Å². The summed E-state index contributed by atoms with van der Waals surface area (Å²) < 4.78 is 25.0. The van der Waals surface area contributed by atoms with Crippen molar-refractivity contribution in [2.24, 2.45) is 5.41 Å². The minimum absolute atomic E-state index is 0.0835. The van der Waals surface area contributed by atoms with E-state index in [9.17, 15) is 11.9 Å². The van der Waals surface area contributed by atoms with Crippen LogP contribution in [0.25, 0.3) is 10.9 Å².